The third kappa shape index (κ3) is 3.34. The van der Waals surface area contributed by atoms with Crippen LogP contribution in [0.25, 0.3) is 0 Å². The van der Waals surface area contributed by atoms with Gasteiger partial charge in [0.2, 0.25) is 0 Å². The van der Waals surface area contributed by atoms with Crippen molar-refractivity contribution in [2.45, 2.75) is 45.1 Å². The van der Waals surface area contributed by atoms with Crippen molar-refractivity contribution in [3.63, 3.8) is 0 Å². The molecule has 1 aliphatic carbocycles. The van der Waals surface area contributed by atoms with E-state index in [1.54, 1.807) is 0 Å². The van der Waals surface area contributed by atoms with E-state index in [2.05, 4.69) is 23.5 Å². The fraction of sp³-hybridized carbons (Fsp3) is 0.769. The van der Waals surface area contributed by atoms with Crippen molar-refractivity contribution in [3.8, 4) is 0 Å². The molecule has 1 N–H and O–H groups in total. The Kier molecular flexibility index (Phi) is 3.99. The van der Waals surface area contributed by atoms with Gasteiger partial charge < -0.3 is 5.32 Å². The van der Waals surface area contributed by atoms with Crippen molar-refractivity contribution >= 4 is 0 Å². The molecule has 3 heteroatoms. The van der Waals surface area contributed by atoms with Gasteiger partial charge in [-0.2, -0.15) is 5.10 Å². The zero-order chi connectivity index (χ0) is 11.4. The van der Waals surface area contributed by atoms with Crippen molar-refractivity contribution in [2.24, 2.45) is 13.0 Å². The molecule has 0 amide bonds. The Labute approximate surface area is 98.2 Å². The van der Waals surface area contributed by atoms with E-state index in [0.717, 1.165) is 24.9 Å². The number of nitrogens with one attached hydrogen (secondary N) is 1. The molecule has 1 aromatic heterocycles. The van der Waals surface area contributed by atoms with E-state index >= 15 is 0 Å². The molecule has 1 heterocycles. The van der Waals surface area contributed by atoms with Crippen LogP contribution in [-0.2, 0) is 13.5 Å². The van der Waals surface area contributed by atoms with Gasteiger partial charge in [-0.1, -0.05) is 6.92 Å². The van der Waals surface area contributed by atoms with Crippen LogP contribution in [-0.4, -0.2) is 22.4 Å². The Hall–Kier alpha value is -0.830. The maximum atomic E-state index is 4.21. The van der Waals surface area contributed by atoms with Crippen LogP contribution >= 0.6 is 0 Å². The van der Waals surface area contributed by atoms with E-state index in [-0.39, 0.29) is 0 Å². The maximum absolute atomic E-state index is 4.21. The Morgan fingerprint density at radius 2 is 2.38 bits per heavy atom. The van der Waals surface area contributed by atoms with Crippen LogP contribution in [0.15, 0.2) is 12.4 Å². The van der Waals surface area contributed by atoms with Gasteiger partial charge in [0.1, 0.15) is 0 Å². The first-order valence-corrected chi connectivity index (χ1v) is 6.50. The first kappa shape index (κ1) is 11.6. The predicted octanol–water partition coefficient (Wildman–Crippen LogP) is 2.13. The second kappa shape index (κ2) is 5.48. The summed E-state index contributed by atoms with van der Waals surface area (Å²) in [5, 5.41) is 7.89. The van der Waals surface area contributed by atoms with Crippen LogP contribution in [0.5, 0.6) is 0 Å². The van der Waals surface area contributed by atoms with E-state index in [1.165, 1.54) is 31.2 Å². The Morgan fingerprint density at radius 1 is 1.56 bits per heavy atom. The summed E-state index contributed by atoms with van der Waals surface area (Å²) in [6, 6.07) is 0.736. The van der Waals surface area contributed by atoms with Crippen molar-refractivity contribution in [3.05, 3.63) is 18.0 Å². The number of hydrogen-bond donors (Lipinski definition) is 1. The molecule has 0 spiro atoms. The van der Waals surface area contributed by atoms with E-state index in [4.69, 9.17) is 0 Å². The summed E-state index contributed by atoms with van der Waals surface area (Å²) in [6.07, 6.45) is 10.6. The number of rotatable bonds is 7. The van der Waals surface area contributed by atoms with Crippen LogP contribution in [0.2, 0.25) is 0 Å². The quantitative estimate of drug-likeness (QED) is 0.764. The zero-order valence-electron chi connectivity index (χ0n) is 10.4. The Bertz CT molecular complexity index is 315. The molecule has 1 fully saturated rings. The molecule has 1 atom stereocenters. The minimum absolute atomic E-state index is 0.736. The van der Waals surface area contributed by atoms with E-state index in [1.807, 2.05) is 17.9 Å². The number of aryl methyl sites for hydroxylation is 2. The highest BCUT2D eigenvalue weighted by molar-refractivity contribution is 5.04. The monoisotopic (exact) mass is 221 g/mol. The Balaban J connectivity index is 1.77. The summed E-state index contributed by atoms with van der Waals surface area (Å²) < 4.78 is 1.89. The van der Waals surface area contributed by atoms with Gasteiger partial charge in [0.05, 0.1) is 6.20 Å². The van der Waals surface area contributed by atoms with E-state index < -0.39 is 0 Å². The third-order valence-corrected chi connectivity index (χ3v) is 3.35. The first-order valence-electron chi connectivity index (χ1n) is 6.50. The average Bonchev–Trinajstić information content (AvgIpc) is 3.03. The fourth-order valence-corrected chi connectivity index (χ4v) is 2.26. The lowest BCUT2D eigenvalue weighted by Gasteiger charge is -2.17. The molecule has 1 unspecified atom stereocenters. The molecule has 0 bridgehead atoms. The molecule has 1 saturated carbocycles. The minimum Gasteiger partial charge on any atom is -0.314 e. The predicted molar refractivity (Wildman–Crippen MR) is 66.3 cm³/mol. The van der Waals surface area contributed by atoms with Gasteiger partial charge in [0.15, 0.2) is 0 Å². The summed E-state index contributed by atoms with van der Waals surface area (Å²) in [5.41, 5.74) is 1.37. The first-order chi connectivity index (χ1) is 7.79. The Morgan fingerprint density at radius 3 is 2.94 bits per heavy atom. The van der Waals surface area contributed by atoms with Gasteiger partial charge >= 0.3 is 0 Å². The standard InChI is InChI=1S/C13H23N3/c1-3-8-14-13(12-5-6-12)7-4-11-9-15-16(2)10-11/h9-10,12-14H,3-8H2,1-2H3. The van der Waals surface area contributed by atoms with Crippen molar-refractivity contribution in [2.75, 3.05) is 6.54 Å². The fourth-order valence-electron chi connectivity index (χ4n) is 2.26. The second-order valence-electron chi connectivity index (χ2n) is 4.96. The van der Waals surface area contributed by atoms with Gasteiger partial charge in [-0.25, -0.2) is 0 Å². The van der Waals surface area contributed by atoms with Gasteiger partial charge in [0, 0.05) is 19.3 Å². The van der Waals surface area contributed by atoms with Crippen molar-refractivity contribution < 1.29 is 0 Å². The summed E-state index contributed by atoms with van der Waals surface area (Å²) in [4.78, 5) is 0. The van der Waals surface area contributed by atoms with Gasteiger partial charge in [0.25, 0.3) is 0 Å². The highest BCUT2D eigenvalue weighted by Gasteiger charge is 2.30. The molecular weight excluding hydrogens is 198 g/mol. The highest BCUT2D eigenvalue weighted by atomic mass is 15.2. The molecule has 1 aromatic rings. The molecule has 2 rings (SSSR count). The molecule has 0 saturated heterocycles. The van der Waals surface area contributed by atoms with Gasteiger partial charge in [-0.3, -0.25) is 4.68 Å². The maximum Gasteiger partial charge on any atom is 0.0521 e. The second-order valence-corrected chi connectivity index (χ2v) is 4.96. The number of nitrogens with zero attached hydrogens (tertiary/aromatic N) is 2. The molecule has 16 heavy (non-hydrogen) atoms. The van der Waals surface area contributed by atoms with Crippen molar-refractivity contribution in [1.82, 2.24) is 15.1 Å². The third-order valence-electron chi connectivity index (χ3n) is 3.35. The lowest BCUT2D eigenvalue weighted by molar-refractivity contribution is 0.436. The normalized spacial score (nSPS) is 17.6. The van der Waals surface area contributed by atoms with E-state index in [9.17, 15) is 0 Å². The van der Waals surface area contributed by atoms with Crippen LogP contribution in [0.4, 0.5) is 0 Å². The lowest BCUT2D eigenvalue weighted by atomic mass is 10.0. The number of hydrogen-bond acceptors (Lipinski definition) is 2. The molecule has 1 aliphatic rings. The average molecular weight is 221 g/mol. The molecule has 0 radical (unpaired) electrons. The molecule has 90 valence electrons. The van der Waals surface area contributed by atoms with Crippen LogP contribution in [0.3, 0.4) is 0 Å². The molecule has 0 aliphatic heterocycles. The SMILES string of the molecule is CCCNC(CCc1cnn(C)c1)C1CC1. The van der Waals surface area contributed by atoms with Crippen LogP contribution < -0.4 is 5.32 Å². The summed E-state index contributed by atoms with van der Waals surface area (Å²) in [5.74, 6) is 0.947. The highest BCUT2D eigenvalue weighted by Crippen LogP contribution is 2.34. The van der Waals surface area contributed by atoms with Crippen LogP contribution in [0.1, 0.15) is 38.2 Å². The largest absolute Gasteiger partial charge is 0.314 e. The van der Waals surface area contributed by atoms with Gasteiger partial charge in [-0.05, 0) is 50.1 Å². The van der Waals surface area contributed by atoms with E-state index in [0.29, 0.717) is 0 Å². The summed E-state index contributed by atoms with van der Waals surface area (Å²) >= 11 is 0. The van der Waals surface area contributed by atoms with Crippen molar-refractivity contribution in [1.29, 1.82) is 0 Å². The lowest BCUT2D eigenvalue weighted by Crippen LogP contribution is -2.32. The van der Waals surface area contributed by atoms with Crippen LogP contribution in [0, 0.1) is 5.92 Å². The van der Waals surface area contributed by atoms with Gasteiger partial charge in [-0.15, -0.1) is 0 Å². The summed E-state index contributed by atoms with van der Waals surface area (Å²) in [7, 11) is 1.98. The zero-order valence-corrected chi connectivity index (χ0v) is 10.4. The number of aromatic nitrogens is 2. The smallest absolute Gasteiger partial charge is 0.0521 e. The summed E-state index contributed by atoms with van der Waals surface area (Å²) in [6.45, 7) is 3.40. The molecule has 0 aromatic carbocycles. The molecule has 3 nitrogen and oxygen atoms in total. The minimum atomic E-state index is 0.736. The topological polar surface area (TPSA) is 29.9 Å². The molecular formula is C13H23N3.